The third kappa shape index (κ3) is 3.33. The Bertz CT molecular complexity index is 920. The number of benzene rings is 1. The number of fused-ring (bicyclic) bond motifs is 1. The predicted octanol–water partition coefficient (Wildman–Crippen LogP) is 1.43. The lowest BCUT2D eigenvalue weighted by Gasteiger charge is -2.36. The molecule has 32 heavy (non-hydrogen) atoms. The van der Waals surface area contributed by atoms with Crippen molar-refractivity contribution in [2.75, 3.05) is 19.7 Å². The maximum Gasteiger partial charge on any atom is 0.310 e. The van der Waals surface area contributed by atoms with E-state index in [2.05, 4.69) is 6.58 Å². The summed E-state index contributed by atoms with van der Waals surface area (Å²) in [6.07, 6.45) is 2.86. The second kappa shape index (κ2) is 8.33. The lowest BCUT2D eigenvalue weighted by molar-refractivity contribution is -0.156. The molecule has 1 aromatic rings. The van der Waals surface area contributed by atoms with Crippen molar-refractivity contribution >= 4 is 17.8 Å². The van der Waals surface area contributed by atoms with E-state index in [1.807, 2.05) is 30.3 Å². The van der Waals surface area contributed by atoms with Crippen molar-refractivity contribution < 1.29 is 29.3 Å². The zero-order valence-electron chi connectivity index (χ0n) is 18.3. The molecule has 0 radical (unpaired) electrons. The molecule has 2 amide bonds. The number of aliphatic hydroxyl groups excluding tert-OH is 1. The fourth-order valence-corrected chi connectivity index (χ4v) is 5.93. The molecule has 0 aliphatic carbocycles. The first kappa shape index (κ1) is 22.5. The summed E-state index contributed by atoms with van der Waals surface area (Å²) in [4.78, 5) is 42.7. The van der Waals surface area contributed by atoms with Crippen LogP contribution in [0.3, 0.4) is 0 Å². The Balaban J connectivity index is 1.73. The van der Waals surface area contributed by atoms with Crippen molar-refractivity contribution in [3.63, 3.8) is 0 Å². The summed E-state index contributed by atoms with van der Waals surface area (Å²) >= 11 is 0. The smallest absolute Gasteiger partial charge is 0.310 e. The largest absolute Gasteiger partial charge is 0.481 e. The lowest BCUT2D eigenvalue weighted by atomic mass is 9.66. The van der Waals surface area contributed by atoms with Crippen LogP contribution in [0.25, 0.3) is 0 Å². The molecule has 8 nitrogen and oxygen atoms in total. The molecule has 0 saturated carbocycles. The van der Waals surface area contributed by atoms with E-state index in [0.717, 1.165) is 5.56 Å². The Labute approximate surface area is 187 Å². The summed E-state index contributed by atoms with van der Waals surface area (Å²) in [6.45, 7) is 6.17. The first-order chi connectivity index (χ1) is 15.3. The summed E-state index contributed by atoms with van der Waals surface area (Å²) < 4.78 is 6.36. The van der Waals surface area contributed by atoms with Gasteiger partial charge in [0, 0.05) is 26.2 Å². The van der Waals surface area contributed by atoms with Crippen molar-refractivity contribution in [2.24, 2.45) is 11.8 Å². The second-order valence-corrected chi connectivity index (χ2v) is 9.17. The summed E-state index contributed by atoms with van der Waals surface area (Å²) in [7, 11) is 0. The van der Waals surface area contributed by atoms with E-state index in [0.29, 0.717) is 25.8 Å². The number of carboxylic acids is 1. The van der Waals surface area contributed by atoms with Crippen LogP contribution in [-0.2, 0) is 25.7 Å². The number of rotatable bonds is 9. The van der Waals surface area contributed by atoms with Crippen molar-refractivity contribution in [3.8, 4) is 0 Å². The zero-order chi connectivity index (χ0) is 23.1. The van der Waals surface area contributed by atoms with Gasteiger partial charge in [0.15, 0.2) is 0 Å². The number of hydrogen-bond donors (Lipinski definition) is 2. The van der Waals surface area contributed by atoms with Gasteiger partial charge in [-0.3, -0.25) is 14.4 Å². The van der Waals surface area contributed by atoms with Gasteiger partial charge in [-0.1, -0.05) is 36.4 Å². The molecular formula is C24H30N2O6. The van der Waals surface area contributed by atoms with Gasteiger partial charge in [-0.25, -0.2) is 0 Å². The maximum atomic E-state index is 14.0. The number of ether oxygens (including phenoxy) is 1. The SMILES string of the molecule is C=CCN(Cc1ccccc1)C(=O)C1N(CCCO)C(=O)[C@@H]2[C@@H](C(=O)O)[C@@]3(C)CCC12O3. The minimum absolute atomic E-state index is 0.135. The van der Waals surface area contributed by atoms with E-state index >= 15 is 0 Å². The summed E-state index contributed by atoms with van der Waals surface area (Å²) in [5, 5.41) is 19.3. The van der Waals surface area contributed by atoms with Gasteiger partial charge >= 0.3 is 5.97 Å². The highest BCUT2D eigenvalue weighted by Crippen LogP contribution is 2.63. The van der Waals surface area contributed by atoms with Crippen molar-refractivity contribution in [1.82, 2.24) is 9.80 Å². The molecule has 1 aromatic carbocycles. The number of nitrogens with zero attached hydrogens (tertiary/aromatic N) is 2. The van der Waals surface area contributed by atoms with Crippen LogP contribution in [0, 0.1) is 11.8 Å². The van der Waals surface area contributed by atoms with Gasteiger partial charge in [0.2, 0.25) is 11.8 Å². The number of carbonyl (C=O) groups excluding carboxylic acids is 2. The molecule has 3 aliphatic rings. The fourth-order valence-electron chi connectivity index (χ4n) is 5.93. The maximum absolute atomic E-state index is 14.0. The molecule has 172 valence electrons. The Morgan fingerprint density at radius 3 is 2.66 bits per heavy atom. The van der Waals surface area contributed by atoms with Gasteiger partial charge in [0.25, 0.3) is 0 Å². The monoisotopic (exact) mass is 442 g/mol. The van der Waals surface area contributed by atoms with E-state index in [4.69, 9.17) is 4.74 Å². The normalized spacial score (nSPS) is 32.8. The first-order valence-electron chi connectivity index (χ1n) is 11.1. The molecule has 2 bridgehead atoms. The molecule has 2 N–H and O–H groups in total. The number of carbonyl (C=O) groups is 3. The molecule has 1 spiro atoms. The number of amides is 2. The van der Waals surface area contributed by atoms with Gasteiger partial charge in [0.05, 0.1) is 17.4 Å². The summed E-state index contributed by atoms with van der Waals surface area (Å²) in [5.74, 6) is -3.63. The molecule has 8 heteroatoms. The highest BCUT2D eigenvalue weighted by Gasteiger charge is 2.78. The third-order valence-electron chi connectivity index (χ3n) is 7.21. The second-order valence-electron chi connectivity index (χ2n) is 9.17. The molecule has 3 saturated heterocycles. The number of hydrogen-bond acceptors (Lipinski definition) is 5. The highest BCUT2D eigenvalue weighted by atomic mass is 16.5. The predicted molar refractivity (Wildman–Crippen MR) is 115 cm³/mol. The Morgan fingerprint density at radius 1 is 1.31 bits per heavy atom. The van der Waals surface area contributed by atoms with Gasteiger partial charge in [0.1, 0.15) is 11.6 Å². The molecular weight excluding hydrogens is 412 g/mol. The van der Waals surface area contributed by atoms with Crippen LogP contribution in [0.15, 0.2) is 43.0 Å². The van der Waals surface area contributed by atoms with E-state index in [-0.39, 0.29) is 31.5 Å². The van der Waals surface area contributed by atoms with Gasteiger partial charge in [-0.15, -0.1) is 6.58 Å². The van der Waals surface area contributed by atoms with Gasteiger partial charge < -0.3 is 24.7 Å². The van der Waals surface area contributed by atoms with E-state index in [1.54, 1.807) is 17.9 Å². The van der Waals surface area contributed by atoms with E-state index < -0.39 is 35.0 Å². The summed E-state index contributed by atoms with van der Waals surface area (Å²) in [6, 6.07) is 8.61. The average molecular weight is 443 g/mol. The van der Waals surface area contributed by atoms with E-state index in [1.165, 1.54) is 4.90 Å². The molecule has 5 atom stereocenters. The van der Waals surface area contributed by atoms with Crippen LogP contribution >= 0.6 is 0 Å². The Kier molecular flexibility index (Phi) is 5.85. The number of aliphatic carboxylic acids is 1. The number of carboxylic acid groups (broad SMARTS) is 1. The average Bonchev–Trinajstić information content (AvgIpc) is 3.33. The van der Waals surface area contributed by atoms with Crippen molar-refractivity contribution in [1.29, 1.82) is 0 Å². The van der Waals surface area contributed by atoms with Crippen molar-refractivity contribution in [3.05, 3.63) is 48.6 Å². The molecule has 0 aromatic heterocycles. The van der Waals surface area contributed by atoms with Crippen LogP contribution in [-0.4, -0.2) is 74.7 Å². The summed E-state index contributed by atoms with van der Waals surface area (Å²) in [5.41, 5.74) is -1.21. The van der Waals surface area contributed by atoms with Gasteiger partial charge in [-0.2, -0.15) is 0 Å². The van der Waals surface area contributed by atoms with Crippen LogP contribution in [0.5, 0.6) is 0 Å². The van der Waals surface area contributed by atoms with Crippen LogP contribution in [0.1, 0.15) is 31.7 Å². The number of aliphatic hydroxyl groups is 1. The molecule has 3 heterocycles. The molecule has 3 aliphatic heterocycles. The highest BCUT2D eigenvalue weighted by molar-refractivity contribution is 5.98. The van der Waals surface area contributed by atoms with Crippen LogP contribution in [0.2, 0.25) is 0 Å². The standard InChI is InChI=1S/C24H30N2O6/c1-3-12-25(15-16-8-5-4-6-9-16)21(29)19-24-11-10-23(2,32-24)18(22(30)31)17(24)20(28)26(19)13-7-14-27/h3-6,8-9,17-19,27H,1,7,10-15H2,2H3,(H,30,31)/t17-,18-,19?,23+,24?/m0/s1. The van der Waals surface area contributed by atoms with Crippen LogP contribution < -0.4 is 0 Å². The lowest BCUT2D eigenvalue weighted by Crippen LogP contribution is -2.56. The minimum atomic E-state index is -1.17. The van der Waals surface area contributed by atoms with E-state index in [9.17, 15) is 24.6 Å². The van der Waals surface area contributed by atoms with Crippen LogP contribution in [0.4, 0.5) is 0 Å². The molecule has 2 unspecified atom stereocenters. The van der Waals surface area contributed by atoms with Crippen molar-refractivity contribution in [2.45, 2.75) is 50.0 Å². The first-order valence-corrected chi connectivity index (χ1v) is 11.1. The quantitative estimate of drug-likeness (QED) is 0.561. The molecule has 4 rings (SSSR count). The topological polar surface area (TPSA) is 107 Å². The molecule has 3 fully saturated rings. The Morgan fingerprint density at radius 2 is 2.03 bits per heavy atom. The zero-order valence-corrected chi connectivity index (χ0v) is 18.3. The minimum Gasteiger partial charge on any atom is -0.481 e. The third-order valence-corrected chi connectivity index (χ3v) is 7.21. The number of likely N-dealkylation sites (tertiary alicyclic amines) is 1. The Hall–Kier alpha value is -2.71. The fraction of sp³-hybridized carbons (Fsp3) is 0.542. The van der Waals surface area contributed by atoms with Gasteiger partial charge in [-0.05, 0) is 31.7 Å².